The predicted molar refractivity (Wildman–Crippen MR) is 154 cm³/mol. The predicted octanol–water partition coefficient (Wildman–Crippen LogP) is 6.47. The summed E-state index contributed by atoms with van der Waals surface area (Å²) in [4.78, 5) is 35.3. The van der Waals surface area contributed by atoms with Gasteiger partial charge in [0.2, 0.25) is 0 Å². The molecule has 0 saturated heterocycles. The Morgan fingerprint density at radius 2 is 1.77 bits per heavy atom. The van der Waals surface area contributed by atoms with Gasteiger partial charge < -0.3 is 9.72 Å². The molecule has 6 aromatic heterocycles. The normalized spacial score (nSPS) is 11.3. The Kier molecular flexibility index (Phi) is 5.86. The first-order chi connectivity index (χ1) is 19.6. The number of rotatable bonds is 7. The van der Waals surface area contributed by atoms with Crippen LogP contribution in [0.2, 0.25) is 0 Å². The first-order valence-corrected chi connectivity index (χ1v) is 13.4. The Balaban J connectivity index is 1.23. The summed E-state index contributed by atoms with van der Waals surface area (Å²) < 4.78 is 5.97. The Morgan fingerprint density at radius 1 is 0.900 bits per heavy atom. The Morgan fingerprint density at radius 3 is 2.62 bits per heavy atom. The van der Waals surface area contributed by atoms with E-state index in [0.717, 1.165) is 43.8 Å². The standard InChI is InChI=1S/C30H21N7O2S/c1-17(38)25-9-10-26(40-25)21-14-32-15-24-27(21)35-30(34-24)29-28-23(36-37-29)8-7-22(33-28)19-11-20(13-31-12-19)39-16-18-5-3-2-4-6-18/h2-15H,16H2,1H3,(H,34,35)(H,36,37). The van der Waals surface area contributed by atoms with Crippen LogP contribution in [0.25, 0.3) is 55.3 Å². The molecule has 0 aliphatic heterocycles. The molecular formula is C30H21N7O2S. The average Bonchev–Trinajstić information content (AvgIpc) is 3.74. The van der Waals surface area contributed by atoms with Crippen molar-refractivity contribution < 1.29 is 9.53 Å². The highest BCUT2D eigenvalue weighted by Gasteiger charge is 2.18. The molecule has 0 spiro atoms. The molecule has 7 aromatic rings. The molecule has 10 heteroatoms. The molecule has 1 aromatic carbocycles. The van der Waals surface area contributed by atoms with Gasteiger partial charge in [0.15, 0.2) is 17.3 Å². The molecule has 0 fully saturated rings. The number of ketones is 1. The van der Waals surface area contributed by atoms with Crippen molar-refractivity contribution in [3.05, 3.63) is 95.9 Å². The van der Waals surface area contributed by atoms with Gasteiger partial charge in [0, 0.05) is 28.4 Å². The van der Waals surface area contributed by atoms with Gasteiger partial charge >= 0.3 is 0 Å². The van der Waals surface area contributed by atoms with Crippen LogP contribution in [-0.4, -0.2) is 40.9 Å². The van der Waals surface area contributed by atoms with E-state index in [1.807, 2.05) is 60.7 Å². The lowest BCUT2D eigenvalue weighted by Gasteiger charge is -2.08. The number of carbonyl (C=O) groups excluding carboxylic acids is 1. The van der Waals surface area contributed by atoms with Crippen LogP contribution in [0.15, 0.2) is 85.5 Å². The molecule has 0 aliphatic rings. The van der Waals surface area contributed by atoms with E-state index in [9.17, 15) is 4.79 Å². The first-order valence-electron chi connectivity index (χ1n) is 12.5. The molecule has 0 saturated carbocycles. The lowest BCUT2D eigenvalue weighted by molar-refractivity contribution is 0.102. The van der Waals surface area contributed by atoms with E-state index in [1.54, 1.807) is 31.7 Å². The summed E-state index contributed by atoms with van der Waals surface area (Å²) in [7, 11) is 0. The van der Waals surface area contributed by atoms with Crippen LogP contribution in [0.3, 0.4) is 0 Å². The van der Waals surface area contributed by atoms with Crippen molar-refractivity contribution in [2.45, 2.75) is 13.5 Å². The van der Waals surface area contributed by atoms with Gasteiger partial charge in [-0.25, -0.2) is 9.97 Å². The fraction of sp³-hybridized carbons (Fsp3) is 0.0667. The third-order valence-corrected chi connectivity index (χ3v) is 7.72. The van der Waals surface area contributed by atoms with E-state index in [-0.39, 0.29) is 5.78 Å². The lowest BCUT2D eigenvalue weighted by Crippen LogP contribution is -1.96. The van der Waals surface area contributed by atoms with E-state index in [2.05, 4.69) is 25.1 Å². The topological polar surface area (TPSA) is 122 Å². The number of benzene rings is 1. The number of nitrogens with one attached hydrogen (secondary N) is 2. The Bertz CT molecular complexity index is 2010. The number of imidazole rings is 1. The van der Waals surface area contributed by atoms with Crippen molar-refractivity contribution in [3.8, 4) is 39.0 Å². The van der Waals surface area contributed by atoms with Gasteiger partial charge in [-0.05, 0) is 42.8 Å². The maximum Gasteiger partial charge on any atom is 0.169 e. The maximum absolute atomic E-state index is 11.8. The van der Waals surface area contributed by atoms with Crippen LogP contribution >= 0.6 is 11.3 Å². The van der Waals surface area contributed by atoms with Gasteiger partial charge in [0.25, 0.3) is 0 Å². The fourth-order valence-electron chi connectivity index (χ4n) is 4.50. The van der Waals surface area contributed by atoms with E-state index >= 15 is 0 Å². The maximum atomic E-state index is 11.8. The molecule has 0 amide bonds. The number of aromatic nitrogens is 7. The number of ether oxygens (including phenoxy) is 1. The summed E-state index contributed by atoms with van der Waals surface area (Å²) in [5.74, 6) is 1.27. The van der Waals surface area contributed by atoms with Crippen LogP contribution < -0.4 is 4.74 Å². The molecule has 0 radical (unpaired) electrons. The fourth-order valence-corrected chi connectivity index (χ4v) is 5.41. The second-order valence-electron chi connectivity index (χ2n) is 9.24. The molecular weight excluding hydrogens is 522 g/mol. The van der Waals surface area contributed by atoms with Crippen LogP contribution in [0.4, 0.5) is 0 Å². The number of thiophene rings is 1. The molecule has 0 bridgehead atoms. The smallest absolute Gasteiger partial charge is 0.169 e. The first kappa shape index (κ1) is 23.9. The van der Waals surface area contributed by atoms with E-state index in [1.165, 1.54) is 11.3 Å². The molecule has 7 rings (SSSR count). The number of Topliss-reactive ketones (excluding diaryl/α,β-unsaturated/α-hetero) is 1. The molecule has 2 N–H and O–H groups in total. The van der Waals surface area contributed by atoms with Crippen molar-refractivity contribution >= 4 is 39.2 Å². The molecule has 9 nitrogen and oxygen atoms in total. The number of hydrogen-bond donors (Lipinski definition) is 2. The minimum Gasteiger partial charge on any atom is -0.487 e. The van der Waals surface area contributed by atoms with Gasteiger partial charge in [-0.2, -0.15) is 5.10 Å². The zero-order valence-electron chi connectivity index (χ0n) is 21.3. The van der Waals surface area contributed by atoms with Crippen molar-refractivity contribution in [1.82, 2.24) is 35.1 Å². The van der Waals surface area contributed by atoms with Crippen LogP contribution in [0.1, 0.15) is 22.2 Å². The second-order valence-corrected chi connectivity index (χ2v) is 10.3. The summed E-state index contributed by atoms with van der Waals surface area (Å²) in [6.45, 7) is 2.02. The summed E-state index contributed by atoms with van der Waals surface area (Å²) in [5, 5.41) is 7.58. The number of nitrogens with zero attached hydrogens (tertiary/aromatic N) is 5. The highest BCUT2D eigenvalue weighted by molar-refractivity contribution is 7.17. The third kappa shape index (κ3) is 4.40. The lowest BCUT2D eigenvalue weighted by atomic mass is 10.1. The van der Waals surface area contributed by atoms with Crippen LogP contribution in [-0.2, 0) is 6.61 Å². The number of H-pyrrole nitrogens is 2. The minimum atomic E-state index is 0.0347. The van der Waals surface area contributed by atoms with Crippen molar-refractivity contribution in [2.75, 3.05) is 0 Å². The van der Waals surface area contributed by atoms with E-state index < -0.39 is 0 Å². The summed E-state index contributed by atoms with van der Waals surface area (Å²) >= 11 is 1.43. The van der Waals surface area contributed by atoms with Crippen molar-refractivity contribution in [3.63, 3.8) is 0 Å². The highest BCUT2D eigenvalue weighted by Crippen LogP contribution is 2.34. The molecule has 40 heavy (non-hydrogen) atoms. The zero-order chi connectivity index (χ0) is 27.1. The molecule has 6 heterocycles. The number of aromatic amines is 2. The largest absolute Gasteiger partial charge is 0.487 e. The highest BCUT2D eigenvalue weighted by atomic mass is 32.1. The number of hydrogen-bond acceptors (Lipinski definition) is 8. The average molecular weight is 544 g/mol. The molecule has 0 unspecified atom stereocenters. The number of carbonyl (C=O) groups is 1. The quantitative estimate of drug-likeness (QED) is 0.221. The van der Waals surface area contributed by atoms with Crippen molar-refractivity contribution in [2.24, 2.45) is 0 Å². The molecule has 194 valence electrons. The summed E-state index contributed by atoms with van der Waals surface area (Å²) in [5.41, 5.74) is 7.08. The Hall–Kier alpha value is -5.22. The molecule has 0 atom stereocenters. The van der Waals surface area contributed by atoms with Gasteiger partial charge in [0.05, 0.1) is 34.0 Å². The van der Waals surface area contributed by atoms with Crippen LogP contribution in [0.5, 0.6) is 5.75 Å². The van der Waals surface area contributed by atoms with Gasteiger partial charge in [-0.3, -0.25) is 19.9 Å². The van der Waals surface area contributed by atoms with E-state index in [4.69, 9.17) is 14.7 Å². The molecule has 0 aliphatic carbocycles. The van der Waals surface area contributed by atoms with Crippen molar-refractivity contribution in [1.29, 1.82) is 0 Å². The van der Waals surface area contributed by atoms with Crippen LogP contribution in [0, 0.1) is 0 Å². The Labute approximate surface area is 232 Å². The van der Waals surface area contributed by atoms with Gasteiger partial charge in [0.1, 0.15) is 23.4 Å². The van der Waals surface area contributed by atoms with Gasteiger partial charge in [-0.1, -0.05) is 30.3 Å². The van der Waals surface area contributed by atoms with Gasteiger partial charge in [-0.15, -0.1) is 11.3 Å². The number of pyridine rings is 3. The zero-order valence-corrected chi connectivity index (χ0v) is 22.1. The monoisotopic (exact) mass is 543 g/mol. The third-order valence-electron chi connectivity index (χ3n) is 6.50. The summed E-state index contributed by atoms with van der Waals surface area (Å²) in [6, 6.07) is 19.5. The minimum absolute atomic E-state index is 0.0347. The summed E-state index contributed by atoms with van der Waals surface area (Å²) in [6.07, 6.45) is 6.96. The number of fused-ring (bicyclic) bond motifs is 2. The van der Waals surface area contributed by atoms with E-state index in [0.29, 0.717) is 34.3 Å². The second kappa shape index (κ2) is 9.83. The SMILES string of the molecule is CC(=O)c1ccc(-c2cncc3[nH]c(-c4n[nH]c5ccc(-c6cncc(OCc7ccccc7)c6)nc45)nc23)s1.